The minimum Gasteiger partial charge on any atom is -0.481 e. The number of carboxylic acids is 1. The number of aryl methyl sites for hydroxylation is 1. The van der Waals surface area contributed by atoms with E-state index in [1.807, 2.05) is 11.6 Å². The maximum absolute atomic E-state index is 10.6. The van der Waals surface area contributed by atoms with E-state index in [-0.39, 0.29) is 11.8 Å². The molecule has 4 nitrogen and oxygen atoms in total. The van der Waals surface area contributed by atoms with E-state index in [4.69, 9.17) is 5.11 Å². The molecule has 1 aromatic heterocycles. The molecule has 1 aliphatic carbocycles. The predicted octanol–water partition coefficient (Wildman–Crippen LogP) is 0.926. The molecular formula is C9H12N2O2. The first-order chi connectivity index (χ1) is 6.14. The van der Waals surface area contributed by atoms with Gasteiger partial charge in [-0.2, -0.15) is 0 Å². The molecule has 1 aliphatic rings. The smallest absolute Gasteiger partial charge is 0.304 e. The number of nitrogens with zero attached hydrogens (tertiary/aromatic N) is 2. The van der Waals surface area contributed by atoms with Crippen LogP contribution in [0.15, 0.2) is 12.5 Å². The van der Waals surface area contributed by atoms with Crippen LogP contribution in [0.1, 0.15) is 25.0 Å². The molecule has 1 aromatic rings. The summed E-state index contributed by atoms with van der Waals surface area (Å²) in [6.07, 6.45) is 5.66. The van der Waals surface area contributed by atoms with Crippen molar-refractivity contribution in [3.8, 4) is 0 Å². The van der Waals surface area contributed by atoms with Crippen molar-refractivity contribution in [1.29, 1.82) is 0 Å². The molecule has 0 unspecified atom stereocenters. The lowest BCUT2D eigenvalue weighted by molar-refractivity contribution is -0.137. The molecule has 1 saturated carbocycles. The van der Waals surface area contributed by atoms with Crippen molar-refractivity contribution < 1.29 is 9.90 Å². The fraction of sp³-hybridized carbons (Fsp3) is 0.556. The third kappa shape index (κ3) is 1.32. The van der Waals surface area contributed by atoms with Gasteiger partial charge in [0.25, 0.3) is 0 Å². The summed E-state index contributed by atoms with van der Waals surface area (Å²) in [5.41, 5.74) is 0.937. The van der Waals surface area contributed by atoms with Crippen LogP contribution in [-0.2, 0) is 17.3 Å². The van der Waals surface area contributed by atoms with Crippen molar-refractivity contribution in [2.45, 2.75) is 24.7 Å². The van der Waals surface area contributed by atoms with Crippen LogP contribution < -0.4 is 0 Å². The Kier molecular flexibility index (Phi) is 1.65. The SMILES string of the molecule is Cn1cncc1C1(CC(=O)O)CC1. The van der Waals surface area contributed by atoms with E-state index in [0.717, 1.165) is 18.5 Å². The normalized spacial score (nSPS) is 18.5. The largest absolute Gasteiger partial charge is 0.481 e. The molecule has 1 fully saturated rings. The van der Waals surface area contributed by atoms with Gasteiger partial charge in [0.15, 0.2) is 0 Å². The summed E-state index contributed by atoms with van der Waals surface area (Å²) in [4.78, 5) is 14.6. The van der Waals surface area contributed by atoms with E-state index in [1.54, 1.807) is 12.5 Å². The molecule has 2 rings (SSSR count). The quantitative estimate of drug-likeness (QED) is 0.752. The molecule has 1 N–H and O–H groups in total. The Balaban J connectivity index is 2.25. The van der Waals surface area contributed by atoms with Gasteiger partial charge in [0.05, 0.1) is 12.7 Å². The van der Waals surface area contributed by atoms with E-state index < -0.39 is 5.97 Å². The number of hydrogen-bond donors (Lipinski definition) is 1. The second-order valence-electron chi connectivity index (χ2n) is 3.74. The van der Waals surface area contributed by atoms with Crippen LogP contribution in [0.3, 0.4) is 0 Å². The van der Waals surface area contributed by atoms with Crippen molar-refractivity contribution >= 4 is 5.97 Å². The molecular weight excluding hydrogens is 168 g/mol. The molecule has 0 amide bonds. The van der Waals surface area contributed by atoms with Crippen LogP contribution >= 0.6 is 0 Å². The summed E-state index contributed by atoms with van der Waals surface area (Å²) in [7, 11) is 1.91. The summed E-state index contributed by atoms with van der Waals surface area (Å²) < 4.78 is 1.91. The third-order valence-electron chi connectivity index (χ3n) is 2.70. The van der Waals surface area contributed by atoms with E-state index >= 15 is 0 Å². The van der Waals surface area contributed by atoms with Gasteiger partial charge in [-0.05, 0) is 12.8 Å². The van der Waals surface area contributed by atoms with E-state index in [9.17, 15) is 4.79 Å². The van der Waals surface area contributed by atoms with Crippen molar-refractivity contribution in [3.63, 3.8) is 0 Å². The molecule has 0 saturated heterocycles. The highest BCUT2D eigenvalue weighted by molar-refractivity contribution is 5.69. The van der Waals surface area contributed by atoms with Crippen LogP contribution in [0.2, 0.25) is 0 Å². The highest BCUT2D eigenvalue weighted by atomic mass is 16.4. The number of carbonyl (C=O) groups is 1. The number of aliphatic carboxylic acids is 1. The fourth-order valence-corrected chi connectivity index (χ4v) is 1.83. The maximum atomic E-state index is 10.6. The number of aromatic nitrogens is 2. The Bertz CT molecular complexity index is 339. The zero-order valence-corrected chi connectivity index (χ0v) is 7.53. The van der Waals surface area contributed by atoms with Gasteiger partial charge in [-0.15, -0.1) is 0 Å². The predicted molar refractivity (Wildman–Crippen MR) is 46.4 cm³/mol. The van der Waals surface area contributed by atoms with Gasteiger partial charge < -0.3 is 9.67 Å². The Hall–Kier alpha value is -1.32. The van der Waals surface area contributed by atoms with Crippen LogP contribution in [0.4, 0.5) is 0 Å². The van der Waals surface area contributed by atoms with Crippen LogP contribution in [0.5, 0.6) is 0 Å². The lowest BCUT2D eigenvalue weighted by atomic mass is 9.99. The van der Waals surface area contributed by atoms with Gasteiger partial charge in [-0.1, -0.05) is 0 Å². The highest BCUT2D eigenvalue weighted by Gasteiger charge is 2.47. The van der Waals surface area contributed by atoms with Crippen molar-refractivity contribution in [2.24, 2.45) is 7.05 Å². The molecule has 0 radical (unpaired) electrons. The van der Waals surface area contributed by atoms with Crippen LogP contribution in [0, 0.1) is 0 Å². The van der Waals surface area contributed by atoms with Crippen molar-refractivity contribution in [1.82, 2.24) is 9.55 Å². The minimum absolute atomic E-state index is 0.114. The molecule has 0 bridgehead atoms. The second kappa shape index (κ2) is 2.58. The Labute approximate surface area is 76.2 Å². The minimum atomic E-state index is -0.723. The number of imidazole rings is 1. The first-order valence-electron chi connectivity index (χ1n) is 4.33. The molecule has 70 valence electrons. The molecule has 0 atom stereocenters. The third-order valence-corrected chi connectivity index (χ3v) is 2.70. The highest BCUT2D eigenvalue weighted by Crippen LogP contribution is 2.50. The molecule has 1 heterocycles. The van der Waals surface area contributed by atoms with Gasteiger partial charge in [-0.25, -0.2) is 4.98 Å². The maximum Gasteiger partial charge on any atom is 0.304 e. The molecule has 0 aliphatic heterocycles. The summed E-state index contributed by atoms with van der Waals surface area (Å²) in [5.74, 6) is -0.723. The Morgan fingerprint density at radius 2 is 2.46 bits per heavy atom. The van der Waals surface area contributed by atoms with Gasteiger partial charge >= 0.3 is 5.97 Å². The fourth-order valence-electron chi connectivity index (χ4n) is 1.83. The first kappa shape index (κ1) is 8.29. The lowest BCUT2D eigenvalue weighted by Crippen LogP contribution is -2.16. The summed E-state index contributed by atoms with van der Waals surface area (Å²) in [6.45, 7) is 0. The van der Waals surface area contributed by atoms with Gasteiger partial charge in [0.1, 0.15) is 0 Å². The molecule has 0 aromatic carbocycles. The molecule has 13 heavy (non-hydrogen) atoms. The van der Waals surface area contributed by atoms with Crippen molar-refractivity contribution in [3.05, 3.63) is 18.2 Å². The monoisotopic (exact) mass is 180 g/mol. The average molecular weight is 180 g/mol. The summed E-state index contributed by atoms with van der Waals surface area (Å²) in [6, 6.07) is 0. The van der Waals surface area contributed by atoms with Gasteiger partial charge in [0.2, 0.25) is 0 Å². The average Bonchev–Trinajstić information content (AvgIpc) is 2.65. The number of carboxylic acid groups (broad SMARTS) is 1. The van der Waals surface area contributed by atoms with Gasteiger partial charge in [-0.3, -0.25) is 4.79 Å². The number of hydrogen-bond acceptors (Lipinski definition) is 2. The summed E-state index contributed by atoms with van der Waals surface area (Å²) in [5, 5.41) is 8.75. The van der Waals surface area contributed by atoms with E-state index in [1.165, 1.54) is 0 Å². The zero-order chi connectivity index (χ0) is 9.47. The van der Waals surface area contributed by atoms with Crippen LogP contribution in [0.25, 0.3) is 0 Å². The van der Waals surface area contributed by atoms with E-state index in [0.29, 0.717) is 0 Å². The standard InChI is InChI=1S/C9H12N2O2/c1-11-6-10-5-7(11)9(2-3-9)4-8(12)13/h5-6H,2-4H2,1H3,(H,12,13). The van der Waals surface area contributed by atoms with Crippen LogP contribution in [-0.4, -0.2) is 20.6 Å². The number of rotatable bonds is 3. The zero-order valence-electron chi connectivity index (χ0n) is 7.53. The van der Waals surface area contributed by atoms with Crippen molar-refractivity contribution in [2.75, 3.05) is 0 Å². The van der Waals surface area contributed by atoms with Gasteiger partial charge in [0, 0.05) is 24.4 Å². The topological polar surface area (TPSA) is 55.1 Å². The van der Waals surface area contributed by atoms with E-state index in [2.05, 4.69) is 4.98 Å². The Morgan fingerprint density at radius 1 is 1.77 bits per heavy atom. The Morgan fingerprint density at radius 3 is 2.85 bits per heavy atom. The molecule has 0 spiro atoms. The summed E-state index contributed by atoms with van der Waals surface area (Å²) >= 11 is 0. The second-order valence-corrected chi connectivity index (χ2v) is 3.74. The lowest BCUT2D eigenvalue weighted by Gasteiger charge is -2.12. The molecule has 4 heteroatoms. The first-order valence-corrected chi connectivity index (χ1v) is 4.33.